The fourth-order valence-electron chi connectivity index (χ4n) is 2.35. The summed E-state index contributed by atoms with van der Waals surface area (Å²) in [5, 5.41) is 0.695. The molecule has 1 aliphatic rings. The first-order chi connectivity index (χ1) is 7.68. The van der Waals surface area contributed by atoms with Gasteiger partial charge < -0.3 is 4.55 Å². The van der Waals surface area contributed by atoms with Crippen molar-refractivity contribution < 1.29 is 8.76 Å². The summed E-state index contributed by atoms with van der Waals surface area (Å²) in [7, 11) is 0. The zero-order valence-corrected chi connectivity index (χ0v) is 10.5. The summed E-state index contributed by atoms with van der Waals surface area (Å²) in [6.07, 6.45) is 5.95. The third kappa shape index (κ3) is 2.65. The molecule has 1 aliphatic carbocycles. The average molecular weight is 258 g/mol. The zero-order chi connectivity index (χ0) is 11.5. The third-order valence-corrected chi connectivity index (χ3v) is 4.19. The Bertz CT molecular complexity index is 400. The average Bonchev–Trinajstić information content (AvgIpc) is 2.30. The molecule has 1 unspecified atom stereocenters. The maximum Gasteiger partial charge on any atom is 0.0441 e. The number of hydrogen-bond acceptors (Lipinski definition) is 2. The highest BCUT2D eigenvalue weighted by Crippen LogP contribution is 2.36. The SMILES string of the molecule is O=S([O-])c1ccc(Cl)c(C2CCCCC2)c1. The Morgan fingerprint density at radius 2 is 1.94 bits per heavy atom. The van der Waals surface area contributed by atoms with Crippen LogP contribution in [0.4, 0.5) is 0 Å². The summed E-state index contributed by atoms with van der Waals surface area (Å²) < 4.78 is 21.8. The summed E-state index contributed by atoms with van der Waals surface area (Å²) in [4.78, 5) is 0.338. The Kier molecular flexibility index (Phi) is 4.00. The molecule has 0 aromatic heterocycles. The van der Waals surface area contributed by atoms with Crippen LogP contribution in [0.1, 0.15) is 43.6 Å². The molecule has 1 saturated carbocycles. The molecule has 2 nitrogen and oxygen atoms in total. The molecule has 0 N–H and O–H groups in total. The smallest absolute Gasteiger partial charge is 0.0441 e. The lowest BCUT2D eigenvalue weighted by atomic mass is 9.84. The van der Waals surface area contributed by atoms with Gasteiger partial charge >= 0.3 is 0 Å². The van der Waals surface area contributed by atoms with Crippen molar-refractivity contribution in [1.29, 1.82) is 0 Å². The van der Waals surface area contributed by atoms with Crippen molar-refractivity contribution in [3.8, 4) is 0 Å². The minimum Gasteiger partial charge on any atom is -0.768 e. The van der Waals surface area contributed by atoms with Crippen LogP contribution in [0.3, 0.4) is 0 Å². The lowest BCUT2D eigenvalue weighted by Gasteiger charge is -2.23. The number of benzene rings is 1. The predicted molar refractivity (Wildman–Crippen MR) is 64.5 cm³/mol. The molecule has 0 spiro atoms. The van der Waals surface area contributed by atoms with Crippen LogP contribution in [0.15, 0.2) is 23.1 Å². The lowest BCUT2D eigenvalue weighted by Crippen LogP contribution is -2.06. The van der Waals surface area contributed by atoms with Crippen molar-refractivity contribution in [1.82, 2.24) is 0 Å². The normalized spacial score (nSPS) is 19.6. The van der Waals surface area contributed by atoms with E-state index in [2.05, 4.69) is 0 Å². The predicted octanol–water partition coefficient (Wildman–Crippen LogP) is 3.63. The Balaban J connectivity index is 2.30. The molecule has 1 fully saturated rings. The first-order valence-corrected chi connectivity index (χ1v) is 7.02. The van der Waals surface area contributed by atoms with E-state index in [1.54, 1.807) is 18.2 Å². The van der Waals surface area contributed by atoms with Crippen LogP contribution in [0, 0.1) is 0 Å². The van der Waals surface area contributed by atoms with Crippen molar-refractivity contribution in [3.05, 3.63) is 28.8 Å². The Morgan fingerprint density at radius 1 is 1.25 bits per heavy atom. The van der Waals surface area contributed by atoms with Crippen LogP contribution in [0.2, 0.25) is 5.02 Å². The number of rotatable bonds is 2. The van der Waals surface area contributed by atoms with Crippen LogP contribution in [-0.2, 0) is 11.1 Å². The van der Waals surface area contributed by atoms with E-state index in [1.165, 1.54) is 19.3 Å². The van der Waals surface area contributed by atoms with Gasteiger partial charge in [0.2, 0.25) is 0 Å². The molecule has 4 heteroatoms. The Labute approximate surface area is 103 Å². The molecule has 1 aromatic rings. The zero-order valence-electron chi connectivity index (χ0n) is 8.95. The van der Waals surface area contributed by atoms with Crippen molar-refractivity contribution in [3.63, 3.8) is 0 Å². The maximum atomic E-state index is 10.9. The molecule has 0 saturated heterocycles. The number of hydrogen-bond donors (Lipinski definition) is 0. The van der Waals surface area contributed by atoms with Crippen molar-refractivity contribution >= 4 is 22.7 Å². The fraction of sp³-hybridized carbons (Fsp3) is 0.500. The van der Waals surface area contributed by atoms with E-state index in [4.69, 9.17) is 11.6 Å². The van der Waals surface area contributed by atoms with Crippen molar-refractivity contribution in [2.45, 2.75) is 42.9 Å². The van der Waals surface area contributed by atoms with Gasteiger partial charge in [-0.15, -0.1) is 0 Å². The highest BCUT2D eigenvalue weighted by molar-refractivity contribution is 7.79. The van der Waals surface area contributed by atoms with Gasteiger partial charge in [-0.2, -0.15) is 0 Å². The fourth-order valence-corrected chi connectivity index (χ4v) is 3.03. The molecule has 0 aliphatic heterocycles. The van der Waals surface area contributed by atoms with E-state index in [9.17, 15) is 8.76 Å². The Hall–Kier alpha value is -0.380. The molecule has 1 atom stereocenters. The van der Waals surface area contributed by atoms with E-state index in [0.717, 1.165) is 18.4 Å². The van der Waals surface area contributed by atoms with Crippen molar-refractivity contribution in [2.75, 3.05) is 0 Å². The summed E-state index contributed by atoms with van der Waals surface area (Å²) in [5.74, 6) is 0.435. The summed E-state index contributed by atoms with van der Waals surface area (Å²) >= 11 is 3.97. The molecular weight excluding hydrogens is 244 g/mol. The van der Waals surface area contributed by atoms with Crippen LogP contribution < -0.4 is 0 Å². The van der Waals surface area contributed by atoms with E-state index in [-0.39, 0.29) is 0 Å². The molecule has 16 heavy (non-hydrogen) atoms. The van der Waals surface area contributed by atoms with Gasteiger partial charge in [0.05, 0.1) is 0 Å². The minimum absolute atomic E-state index is 0.338. The van der Waals surface area contributed by atoms with Gasteiger partial charge in [-0.3, -0.25) is 4.21 Å². The second-order valence-corrected chi connectivity index (χ2v) is 5.60. The second kappa shape index (κ2) is 5.30. The summed E-state index contributed by atoms with van der Waals surface area (Å²) in [6, 6.07) is 4.97. The summed E-state index contributed by atoms with van der Waals surface area (Å²) in [5.41, 5.74) is 1.00. The molecule has 0 bridgehead atoms. The monoisotopic (exact) mass is 257 g/mol. The molecule has 2 rings (SSSR count). The van der Waals surface area contributed by atoms with Gasteiger partial charge in [-0.25, -0.2) is 0 Å². The maximum absolute atomic E-state index is 10.9. The molecule has 0 amide bonds. The van der Waals surface area contributed by atoms with Crippen molar-refractivity contribution in [2.24, 2.45) is 0 Å². The number of halogens is 1. The standard InChI is InChI=1S/C12H15ClO2S/c13-12-7-6-10(16(14)15)8-11(12)9-4-2-1-3-5-9/h6-9H,1-5H2,(H,14,15)/p-1. The quantitative estimate of drug-likeness (QED) is 0.759. The Morgan fingerprint density at radius 3 is 2.56 bits per heavy atom. The second-order valence-electron chi connectivity index (χ2n) is 4.25. The lowest BCUT2D eigenvalue weighted by molar-refractivity contribution is 0.443. The molecular formula is C12H14ClO2S-. The summed E-state index contributed by atoms with van der Waals surface area (Å²) in [6.45, 7) is 0. The molecule has 0 radical (unpaired) electrons. The highest BCUT2D eigenvalue weighted by atomic mass is 35.5. The van der Waals surface area contributed by atoms with Gasteiger partial charge in [-0.1, -0.05) is 30.9 Å². The first-order valence-electron chi connectivity index (χ1n) is 5.57. The van der Waals surface area contributed by atoms with Gasteiger partial charge in [0.25, 0.3) is 0 Å². The van der Waals surface area contributed by atoms with Gasteiger partial charge in [0.15, 0.2) is 0 Å². The highest BCUT2D eigenvalue weighted by Gasteiger charge is 2.18. The van der Waals surface area contributed by atoms with E-state index in [0.29, 0.717) is 15.8 Å². The first kappa shape index (κ1) is 12.1. The van der Waals surface area contributed by atoms with Gasteiger partial charge in [0.1, 0.15) is 0 Å². The molecule has 1 aromatic carbocycles. The van der Waals surface area contributed by atoms with Crippen LogP contribution in [0.5, 0.6) is 0 Å². The van der Waals surface area contributed by atoms with Gasteiger partial charge in [0, 0.05) is 9.92 Å². The minimum atomic E-state index is -2.16. The molecule has 88 valence electrons. The van der Waals surface area contributed by atoms with E-state index < -0.39 is 11.1 Å². The van der Waals surface area contributed by atoms with Crippen LogP contribution in [0.25, 0.3) is 0 Å². The molecule has 0 heterocycles. The van der Waals surface area contributed by atoms with Gasteiger partial charge in [-0.05, 0) is 53.6 Å². The van der Waals surface area contributed by atoms with Crippen LogP contribution >= 0.6 is 11.6 Å². The third-order valence-electron chi connectivity index (χ3n) is 3.20. The topological polar surface area (TPSA) is 40.1 Å². The van der Waals surface area contributed by atoms with E-state index in [1.807, 2.05) is 0 Å². The largest absolute Gasteiger partial charge is 0.768 e. The van der Waals surface area contributed by atoms with Crippen LogP contribution in [-0.4, -0.2) is 8.76 Å². The van der Waals surface area contributed by atoms with E-state index >= 15 is 0 Å².